The number of hydrogen-bond donors (Lipinski definition) is 4. The minimum atomic E-state index is -1.14. The number of methoxy groups -OCH3 is 2. The average molecular weight is 529 g/mol. The fourth-order valence-corrected chi connectivity index (χ4v) is 4.37. The smallest absolute Gasteiger partial charge is 0.186 e. The second-order valence-corrected chi connectivity index (χ2v) is 8.47. The first-order valence-electron chi connectivity index (χ1n) is 12.1. The maximum Gasteiger partial charge on any atom is 0.186 e. The van der Waals surface area contributed by atoms with Crippen molar-refractivity contribution in [2.45, 2.75) is 61.4 Å². The fraction of sp³-hybridized carbons (Fsp3) is 1.00. The number of aliphatic hydroxyl groups is 4. The normalized spacial score (nSPS) is 42.5. The van der Waals surface area contributed by atoms with Crippen molar-refractivity contribution in [2.75, 3.05) is 80.3 Å². The van der Waals surface area contributed by atoms with Crippen LogP contribution >= 0.6 is 0 Å². The SMILES string of the molecule is COC1OC(CO)C(O)C2OCCOCCOC3C(OC)OC(CO)C(O)C3OCCOCCOC12. The number of rotatable bonds is 4. The quantitative estimate of drug-likeness (QED) is 0.291. The van der Waals surface area contributed by atoms with E-state index in [1.54, 1.807) is 0 Å². The van der Waals surface area contributed by atoms with E-state index in [1.807, 2.05) is 0 Å². The van der Waals surface area contributed by atoms with E-state index in [2.05, 4.69) is 0 Å². The molecule has 36 heavy (non-hydrogen) atoms. The van der Waals surface area contributed by atoms with Crippen LogP contribution in [0.3, 0.4) is 0 Å². The molecule has 0 spiro atoms. The van der Waals surface area contributed by atoms with Crippen molar-refractivity contribution in [1.82, 2.24) is 0 Å². The lowest BCUT2D eigenvalue weighted by Crippen LogP contribution is -2.61. The van der Waals surface area contributed by atoms with Gasteiger partial charge in [-0.15, -0.1) is 0 Å². The third-order valence-corrected chi connectivity index (χ3v) is 6.21. The Hall–Kier alpha value is -0.560. The highest BCUT2D eigenvalue weighted by molar-refractivity contribution is 4.92. The summed E-state index contributed by atoms with van der Waals surface area (Å²) in [7, 11) is 2.88. The van der Waals surface area contributed by atoms with Crippen LogP contribution in [-0.4, -0.2) is 162 Å². The Morgan fingerprint density at radius 1 is 0.556 bits per heavy atom. The molecule has 212 valence electrons. The molecule has 0 amide bonds. The topological polar surface area (TPSA) is 173 Å². The number of aliphatic hydroxyl groups excluding tert-OH is 4. The van der Waals surface area contributed by atoms with E-state index < -0.39 is 74.6 Å². The van der Waals surface area contributed by atoms with Crippen LogP contribution in [0.1, 0.15) is 0 Å². The van der Waals surface area contributed by atoms with Crippen molar-refractivity contribution < 1.29 is 67.8 Å². The Bertz CT molecular complexity index is 549. The Morgan fingerprint density at radius 2 is 0.889 bits per heavy atom. The van der Waals surface area contributed by atoms with Crippen LogP contribution in [0.4, 0.5) is 0 Å². The summed E-state index contributed by atoms with van der Waals surface area (Å²) >= 11 is 0. The van der Waals surface area contributed by atoms with Gasteiger partial charge in [-0.05, 0) is 0 Å². The second-order valence-electron chi connectivity index (χ2n) is 8.47. The van der Waals surface area contributed by atoms with Gasteiger partial charge in [-0.1, -0.05) is 0 Å². The molecule has 0 bridgehead atoms. The Labute approximate surface area is 210 Å². The summed E-state index contributed by atoms with van der Waals surface area (Å²) in [4.78, 5) is 0. The Balaban J connectivity index is 1.63. The molecule has 3 aliphatic heterocycles. The zero-order chi connectivity index (χ0) is 25.9. The molecule has 0 radical (unpaired) electrons. The molecule has 0 aromatic heterocycles. The van der Waals surface area contributed by atoms with Crippen molar-refractivity contribution >= 4 is 0 Å². The largest absolute Gasteiger partial charge is 0.394 e. The van der Waals surface area contributed by atoms with Gasteiger partial charge in [-0.25, -0.2) is 0 Å². The van der Waals surface area contributed by atoms with Gasteiger partial charge in [-0.2, -0.15) is 0 Å². The number of hydrogen-bond acceptors (Lipinski definition) is 14. The molecule has 14 nitrogen and oxygen atoms in total. The molecule has 3 fully saturated rings. The van der Waals surface area contributed by atoms with Crippen LogP contribution in [0.15, 0.2) is 0 Å². The van der Waals surface area contributed by atoms with Gasteiger partial charge >= 0.3 is 0 Å². The highest BCUT2D eigenvalue weighted by atomic mass is 16.7. The monoisotopic (exact) mass is 528 g/mol. The third-order valence-electron chi connectivity index (χ3n) is 6.21. The molecule has 10 unspecified atom stereocenters. The first-order valence-corrected chi connectivity index (χ1v) is 12.1. The van der Waals surface area contributed by atoms with Crippen LogP contribution < -0.4 is 0 Å². The Kier molecular flexibility index (Phi) is 13.1. The molecule has 0 aromatic rings. The van der Waals surface area contributed by atoms with Gasteiger partial charge in [0.15, 0.2) is 12.6 Å². The van der Waals surface area contributed by atoms with Crippen LogP contribution in [0, 0.1) is 0 Å². The third kappa shape index (κ3) is 7.74. The lowest BCUT2D eigenvalue weighted by atomic mass is 9.98. The lowest BCUT2D eigenvalue weighted by Gasteiger charge is -2.43. The van der Waals surface area contributed by atoms with Crippen LogP contribution in [0.2, 0.25) is 0 Å². The summed E-state index contributed by atoms with van der Waals surface area (Å²) in [5.41, 5.74) is 0. The van der Waals surface area contributed by atoms with E-state index in [4.69, 9.17) is 47.4 Å². The maximum absolute atomic E-state index is 10.6. The first-order chi connectivity index (χ1) is 17.5. The van der Waals surface area contributed by atoms with Gasteiger partial charge in [-0.3, -0.25) is 0 Å². The van der Waals surface area contributed by atoms with Crippen molar-refractivity contribution in [2.24, 2.45) is 0 Å². The highest BCUT2D eigenvalue weighted by Gasteiger charge is 2.48. The van der Waals surface area contributed by atoms with Crippen LogP contribution in [0.25, 0.3) is 0 Å². The van der Waals surface area contributed by atoms with E-state index >= 15 is 0 Å². The molecule has 4 N–H and O–H groups in total. The first kappa shape index (κ1) is 30.0. The van der Waals surface area contributed by atoms with Crippen molar-refractivity contribution in [3.8, 4) is 0 Å². The summed E-state index contributed by atoms with van der Waals surface area (Å²) < 4.78 is 56.5. The van der Waals surface area contributed by atoms with Gasteiger partial charge < -0.3 is 67.8 Å². The molecule has 0 aromatic carbocycles. The predicted molar refractivity (Wildman–Crippen MR) is 118 cm³/mol. The van der Waals surface area contributed by atoms with E-state index in [1.165, 1.54) is 14.2 Å². The summed E-state index contributed by atoms with van der Waals surface area (Å²) in [5.74, 6) is 0. The van der Waals surface area contributed by atoms with Crippen LogP contribution in [-0.2, 0) is 47.4 Å². The van der Waals surface area contributed by atoms with Crippen molar-refractivity contribution in [1.29, 1.82) is 0 Å². The van der Waals surface area contributed by atoms with Gasteiger partial charge in [0.25, 0.3) is 0 Å². The minimum absolute atomic E-state index is 0.128. The van der Waals surface area contributed by atoms with Gasteiger partial charge in [0.1, 0.15) is 48.8 Å². The molecule has 3 heterocycles. The maximum atomic E-state index is 10.6. The molecule has 0 aliphatic carbocycles. The number of ether oxygens (including phenoxy) is 10. The molecule has 3 rings (SSSR count). The molecule has 3 saturated heterocycles. The predicted octanol–water partition coefficient (Wildman–Crippen LogP) is -2.98. The minimum Gasteiger partial charge on any atom is -0.394 e. The van der Waals surface area contributed by atoms with Crippen molar-refractivity contribution in [3.05, 3.63) is 0 Å². The number of fused-ring (bicyclic) bond motifs is 2. The van der Waals surface area contributed by atoms with Crippen LogP contribution in [0.5, 0.6) is 0 Å². The standard InChI is InChI=1S/C22H40O14/c1-27-21-19-17(15(25)13(11-23)35-21)31-7-3-30-6-10-34-20-18(32-8-4-29-5-9-33-19)16(26)14(12-24)36-22(20)28-2/h13-26H,3-12H2,1-2H3. The van der Waals surface area contributed by atoms with Gasteiger partial charge in [0.2, 0.25) is 0 Å². The second kappa shape index (κ2) is 15.8. The zero-order valence-electron chi connectivity index (χ0n) is 20.7. The fourth-order valence-electron chi connectivity index (χ4n) is 4.37. The van der Waals surface area contributed by atoms with E-state index in [-0.39, 0.29) is 52.9 Å². The average Bonchev–Trinajstić information content (AvgIpc) is 2.89. The van der Waals surface area contributed by atoms with Gasteiger partial charge in [0.05, 0.1) is 66.1 Å². The molecule has 3 aliphatic rings. The summed E-state index contributed by atoms with van der Waals surface area (Å²) in [5, 5.41) is 40.4. The molecule has 14 heteroatoms. The molecule has 10 atom stereocenters. The summed E-state index contributed by atoms with van der Waals surface area (Å²) in [6.07, 6.45) is -8.98. The molecular formula is C22H40O14. The van der Waals surface area contributed by atoms with Crippen molar-refractivity contribution in [3.63, 3.8) is 0 Å². The zero-order valence-corrected chi connectivity index (χ0v) is 20.7. The molecule has 0 saturated carbocycles. The molecular weight excluding hydrogens is 488 g/mol. The summed E-state index contributed by atoms with van der Waals surface area (Å²) in [6, 6.07) is 0. The Morgan fingerprint density at radius 3 is 1.19 bits per heavy atom. The highest BCUT2D eigenvalue weighted by Crippen LogP contribution is 2.28. The van der Waals surface area contributed by atoms with E-state index in [9.17, 15) is 20.4 Å². The summed E-state index contributed by atoms with van der Waals surface area (Å²) in [6.45, 7) is 0.493. The van der Waals surface area contributed by atoms with Gasteiger partial charge in [0, 0.05) is 14.2 Å². The van der Waals surface area contributed by atoms with E-state index in [0.29, 0.717) is 0 Å². The van der Waals surface area contributed by atoms with E-state index in [0.717, 1.165) is 0 Å². The lowest BCUT2D eigenvalue weighted by molar-refractivity contribution is -0.315.